The Hall–Kier alpha value is -4.28. The van der Waals surface area contributed by atoms with Crippen molar-refractivity contribution in [3.8, 4) is 22.8 Å². The van der Waals surface area contributed by atoms with Gasteiger partial charge in [-0.15, -0.1) is 0 Å². The number of nitrogens with two attached hydrogens (primary N) is 1. The van der Waals surface area contributed by atoms with E-state index in [1.165, 1.54) is 12.5 Å². The van der Waals surface area contributed by atoms with E-state index in [1.54, 1.807) is 11.1 Å². The largest absolute Gasteiger partial charge is 0.444 e. The molecular weight excluding hydrogens is 510 g/mol. The van der Waals surface area contributed by atoms with E-state index in [4.69, 9.17) is 19.9 Å². The number of carbonyl (C=O) groups is 2. The van der Waals surface area contributed by atoms with E-state index < -0.39 is 5.60 Å². The Morgan fingerprint density at radius 2 is 1.95 bits per heavy atom. The summed E-state index contributed by atoms with van der Waals surface area (Å²) in [5, 5.41) is 0. The third-order valence-electron chi connectivity index (χ3n) is 6.95. The third-order valence-corrected chi connectivity index (χ3v) is 6.95. The summed E-state index contributed by atoms with van der Waals surface area (Å²) in [7, 11) is 0. The molecule has 0 saturated carbocycles. The van der Waals surface area contributed by atoms with Crippen molar-refractivity contribution in [2.75, 3.05) is 12.3 Å². The normalized spacial score (nSPS) is 16.9. The molecular formula is C29H35N7O4. The number of rotatable bonds is 6. The van der Waals surface area contributed by atoms with Crippen LogP contribution in [0, 0.1) is 12.3 Å². The van der Waals surface area contributed by atoms with Crippen molar-refractivity contribution in [2.45, 2.75) is 72.4 Å². The molecule has 4 aromatic heterocycles. The van der Waals surface area contributed by atoms with Crippen LogP contribution < -0.4 is 5.73 Å². The lowest BCUT2D eigenvalue weighted by Crippen LogP contribution is -2.40. The smallest absolute Gasteiger partial charge is 0.410 e. The Morgan fingerprint density at radius 1 is 1.18 bits per heavy atom. The maximum absolute atomic E-state index is 13.5. The maximum Gasteiger partial charge on any atom is 0.410 e. The lowest BCUT2D eigenvalue weighted by Gasteiger charge is -2.28. The summed E-state index contributed by atoms with van der Waals surface area (Å²) >= 11 is 0. The van der Waals surface area contributed by atoms with Gasteiger partial charge in [0.15, 0.2) is 17.3 Å². The fourth-order valence-electron chi connectivity index (χ4n) is 5.20. The molecule has 4 aromatic rings. The summed E-state index contributed by atoms with van der Waals surface area (Å²) in [5.41, 5.74) is 8.87. The Kier molecular flexibility index (Phi) is 6.85. The van der Waals surface area contributed by atoms with Gasteiger partial charge in [-0.05, 0) is 58.1 Å². The standard InChI is InChI=1S/C29H35N7O4/c1-17-14-32-21-10-7-18(15-35(17)21)22-24(26-31-11-12-39-26)34-25(30)23(33-22)20(37)9-8-19-13-29(5,6)16-36(19)27(38)40-28(2,3)4/h7,10-12,14-15,19H,8-9,13,16H2,1-6H3,(H2,30,34). The number of Topliss-reactive ketones (excluding diaryl/α,β-unsaturated/α-hetero) is 1. The summed E-state index contributed by atoms with van der Waals surface area (Å²) < 4.78 is 13.1. The number of ketones is 1. The summed E-state index contributed by atoms with van der Waals surface area (Å²) in [4.78, 5) is 46.1. The molecule has 0 spiro atoms. The maximum atomic E-state index is 13.5. The van der Waals surface area contributed by atoms with Gasteiger partial charge in [0.05, 0.1) is 6.20 Å². The van der Waals surface area contributed by atoms with Gasteiger partial charge in [0.2, 0.25) is 5.89 Å². The lowest BCUT2D eigenvalue weighted by atomic mass is 9.89. The molecule has 5 rings (SSSR count). The number of aromatic nitrogens is 5. The highest BCUT2D eigenvalue weighted by Gasteiger charge is 2.41. The van der Waals surface area contributed by atoms with Gasteiger partial charge >= 0.3 is 6.09 Å². The number of pyridine rings is 1. The van der Waals surface area contributed by atoms with Crippen LogP contribution in [-0.4, -0.2) is 59.3 Å². The van der Waals surface area contributed by atoms with Gasteiger partial charge < -0.3 is 24.2 Å². The van der Waals surface area contributed by atoms with E-state index in [0.717, 1.165) is 17.8 Å². The van der Waals surface area contributed by atoms with E-state index in [0.29, 0.717) is 29.9 Å². The van der Waals surface area contributed by atoms with Gasteiger partial charge in [-0.1, -0.05) is 13.8 Å². The number of ether oxygens (including phenoxy) is 1. The van der Waals surface area contributed by atoms with E-state index in [9.17, 15) is 9.59 Å². The van der Waals surface area contributed by atoms with Crippen LogP contribution >= 0.6 is 0 Å². The molecule has 0 bridgehead atoms. The van der Waals surface area contributed by atoms with Crippen molar-refractivity contribution in [3.05, 3.63) is 48.4 Å². The number of amides is 1. The third kappa shape index (κ3) is 5.54. The van der Waals surface area contributed by atoms with Crippen molar-refractivity contribution in [1.29, 1.82) is 0 Å². The van der Waals surface area contributed by atoms with E-state index >= 15 is 0 Å². The molecule has 1 fully saturated rings. The Labute approximate surface area is 232 Å². The molecule has 0 radical (unpaired) electrons. The molecule has 2 N–H and O–H groups in total. The number of nitrogen functional groups attached to an aromatic ring is 1. The second kappa shape index (κ2) is 10.0. The molecule has 1 saturated heterocycles. The van der Waals surface area contributed by atoms with Crippen LogP contribution in [0.2, 0.25) is 0 Å². The van der Waals surface area contributed by atoms with Crippen LogP contribution in [0.4, 0.5) is 10.6 Å². The van der Waals surface area contributed by atoms with Crippen LogP contribution in [-0.2, 0) is 4.74 Å². The molecule has 1 amide bonds. The SMILES string of the molecule is Cc1cnc2ccc(-c3nc(C(=O)CCC4CC(C)(C)CN4C(=O)OC(C)(C)C)c(N)nc3-c3ncco3)cn12. The molecule has 40 heavy (non-hydrogen) atoms. The second-order valence-corrected chi connectivity index (χ2v) is 12.1. The minimum Gasteiger partial charge on any atom is -0.444 e. The van der Waals surface area contributed by atoms with E-state index in [2.05, 4.69) is 28.8 Å². The first-order valence-corrected chi connectivity index (χ1v) is 13.4. The second-order valence-electron chi connectivity index (χ2n) is 12.1. The molecule has 210 valence electrons. The number of anilines is 1. The van der Waals surface area contributed by atoms with Gasteiger partial charge in [0.1, 0.15) is 28.9 Å². The highest BCUT2D eigenvalue weighted by Crippen LogP contribution is 2.37. The van der Waals surface area contributed by atoms with Crippen LogP contribution in [0.1, 0.15) is 70.1 Å². The predicted molar refractivity (Wildman–Crippen MR) is 150 cm³/mol. The lowest BCUT2D eigenvalue weighted by molar-refractivity contribution is 0.0206. The summed E-state index contributed by atoms with van der Waals surface area (Å²) in [5.74, 6) is -0.00614. The number of hydrogen-bond donors (Lipinski definition) is 1. The Balaban J connectivity index is 1.44. The first-order chi connectivity index (χ1) is 18.8. The molecule has 1 unspecified atom stereocenters. The van der Waals surface area contributed by atoms with Crippen molar-refractivity contribution < 1.29 is 18.7 Å². The zero-order valence-electron chi connectivity index (χ0n) is 23.8. The molecule has 1 atom stereocenters. The zero-order chi connectivity index (χ0) is 28.8. The van der Waals surface area contributed by atoms with Crippen molar-refractivity contribution >= 4 is 23.3 Å². The van der Waals surface area contributed by atoms with Gasteiger partial charge in [-0.25, -0.2) is 24.7 Å². The van der Waals surface area contributed by atoms with Gasteiger partial charge in [-0.3, -0.25) is 4.79 Å². The number of oxazole rings is 1. The highest BCUT2D eigenvalue weighted by atomic mass is 16.6. The van der Waals surface area contributed by atoms with Crippen molar-refractivity contribution in [1.82, 2.24) is 29.2 Å². The minimum atomic E-state index is -0.604. The number of nitrogens with zero attached hydrogens (tertiary/aromatic N) is 6. The number of likely N-dealkylation sites (tertiary alicyclic amines) is 1. The van der Waals surface area contributed by atoms with Crippen LogP contribution in [0.15, 0.2) is 41.4 Å². The zero-order valence-corrected chi connectivity index (χ0v) is 23.8. The van der Waals surface area contributed by atoms with Crippen molar-refractivity contribution in [2.24, 2.45) is 5.41 Å². The first-order valence-electron chi connectivity index (χ1n) is 13.4. The van der Waals surface area contributed by atoms with Gasteiger partial charge in [-0.2, -0.15) is 0 Å². The fraction of sp³-hybridized carbons (Fsp3) is 0.448. The molecule has 1 aliphatic rings. The van der Waals surface area contributed by atoms with Crippen LogP contribution in [0.5, 0.6) is 0 Å². The number of hydrogen-bond acceptors (Lipinski definition) is 9. The average molecular weight is 546 g/mol. The van der Waals surface area contributed by atoms with Crippen LogP contribution in [0.25, 0.3) is 28.5 Å². The number of imidazole rings is 1. The summed E-state index contributed by atoms with van der Waals surface area (Å²) in [6.07, 6.45) is 7.63. The molecule has 11 nitrogen and oxygen atoms in total. The van der Waals surface area contributed by atoms with Gasteiger partial charge in [0, 0.05) is 42.7 Å². The number of fused-ring (bicyclic) bond motifs is 1. The highest BCUT2D eigenvalue weighted by molar-refractivity contribution is 5.99. The predicted octanol–water partition coefficient (Wildman–Crippen LogP) is 5.34. The first kappa shape index (κ1) is 27.3. The molecule has 0 aliphatic carbocycles. The van der Waals surface area contributed by atoms with Gasteiger partial charge in [0.25, 0.3) is 0 Å². The molecule has 1 aliphatic heterocycles. The van der Waals surface area contributed by atoms with Crippen LogP contribution in [0.3, 0.4) is 0 Å². The minimum absolute atomic E-state index is 0.00223. The quantitative estimate of drug-likeness (QED) is 0.318. The fourth-order valence-corrected chi connectivity index (χ4v) is 5.20. The monoisotopic (exact) mass is 545 g/mol. The number of aryl methyl sites for hydroxylation is 1. The molecule has 0 aromatic carbocycles. The summed E-state index contributed by atoms with van der Waals surface area (Å²) in [6, 6.07) is 3.59. The van der Waals surface area contributed by atoms with E-state index in [-0.39, 0.29) is 47.2 Å². The molecule has 11 heteroatoms. The Bertz CT molecular complexity index is 1570. The average Bonchev–Trinajstić information content (AvgIpc) is 3.60. The summed E-state index contributed by atoms with van der Waals surface area (Å²) in [6.45, 7) is 12.3. The van der Waals surface area contributed by atoms with Crippen molar-refractivity contribution in [3.63, 3.8) is 0 Å². The van der Waals surface area contributed by atoms with E-state index in [1.807, 2.05) is 50.4 Å². The molecule has 5 heterocycles. The topological polar surface area (TPSA) is 142 Å². The number of carbonyl (C=O) groups excluding carboxylic acids is 2. The Morgan fingerprint density at radius 3 is 2.65 bits per heavy atom.